The molecule has 1 heterocycles. The van der Waals surface area contributed by atoms with Crippen LogP contribution in [0, 0.1) is 19.3 Å². The maximum atomic E-state index is 4.50. The number of nitrogens with zero attached hydrogens (tertiary/aromatic N) is 3. The van der Waals surface area contributed by atoms with Gasteiger partial charge in [-0.25, -0.2) is 0 Å². The minimum Gasteiger partial charge on any atom is -0.356 e. The van der Waals surface area contributed by atoms with Gasteiger partial charge in [0.2, 0.25) is 0 Å². The molecule has 1 aromatic rings. The van der Waals surface area contributed by atoms with Crippen molar-refractivity contribution in [3.8, 4) is 0 Å². The monoisotopic (exact) mass is 319 g/mol. The number of hydrogen-bond donors (Lipinski definition) is 2. The highest BCUT2D eigenvalue weighted by molar-refractivity contribution is 5.79. The standard InChI is InChI=1S/C18H33N5/c1-5-18(9-6-7-10-18)14-21-17(19-4)20-11-8-12-23-16(3)13-15(2)22-23/h13H,5-12,14H2,1-4H3,(H2,19,20,21). The van der Waals surface area contributed by atoms with Crippen LogP contribution < -0.4 is 10.6 Å². The number of hydrogen-bond acceptors (Lipinski definition) is 2. The average Bonchev–Trinajstić information content (AvgIpc) is 3.14. The highest BCUT2D eigenvalue weighted by atomic mass is 15.3. The van der Waals surface area contributed by atoms with Gasteiger partial charge in [-0.2, -0.15) is 5.10 Å². The van der Waals surface area contributed by atoms with Gasteiger partial charge in [-0.1, -0.05) is 19.8 Å². The first-order valence-corrected chi connectivity index (χ1v) is 9.04. The predicted molar refractivity (Wildman–Crippen MR) is 96.9 cm³/mol. The first-order valence-electron chi connectivity index (χ1n) is 9.04. The van der Waals surface area contributed by atoms with Crippen molar-refractivity contribution in [1.29, 1.82) is 0 Å². The molecule has 2 N–H and O–H groups in total. The van der Waals surface area contributed by atoms with E-state index in [1.54, 1.807) is 0 Å². The lowest BCUT2D eigenvalue weighted by Gasteiger charge is -2.28. The highest BCUT2D eigenvalue weighted by Crippen LogP contribution is 2.40. The zero-order valence-electron chi connectivity index (χ0n) is 15.3. The van der Waals surface area contributed by atoms with E-state index in [-0.39, 0.29) is 0 Å². The van der Waals surface area contributed by atoms with Crippen LogP contribution in [0.4, 0.5) is 0 Å². The summed E-state index contributed by atoms with van der Waals surface area (Å²) in [5.74, 6) is 0.929. The molecule has 5 heteroatoms. The summed E-state index contributed by atoms with van der Waals surface area (Å²) in [7, 11) is 1.85. The predicted octanol–water partition coefficient (Wildman–Crippen LogP) is 3.03. The van der Waals surface area contributed by atoms with Gasteiger partial charge in [-0.15, -0.1) is 0 Å². The van der Waals surface area contributed by atoms with E-state index in [2.05, 4.69) is 45.3 Å². The van der Waals surface area contributed by atoms with E-state index in [0.717, 1.165) is 37.7 Å². The first-order chi connectivity index (χ1) is 11.1. The van der Waals surface area contributed by atoms with Crippen molar-refractivity contribution in [2.75, 3.05) is 20.1 Å². The number of aliphatic imine (C=N–C) groups is 1. The van der Waals surface area contributed by atoms with E-state index >= 15 is 0 Å². The molecule has 0 atom stereocenters. The molecule has 1 aromatic heterocycles. The van der Waals surface area contributed by atoms with E-state index in [1.807, 2.05) is 14.0 Å². The van der Waals surface area contributed by atoms with Crippen molar-refractivity contribution in [2.24, 2.45) is 10.4 Å². The Labute approximate surface area is 141 Å². The zero-order valence-corrected chi connectivity index (χ0v) is 15.3. The molecule has 1 fully saturated rings. The van der Waals surface area contributed by atoms with Crippen LogP contribution >= 0.6 is 0 Å². The minimum absolute atomic E-state index is 0.487. The average molecular weight is 319 g/mol. The molecule has 5 nitrogen and oxygen atoms in total. The number of nitrogens with one attached hydrogen (secondary N) is 2. The molecule has 130 valence electrons. The van der Waals surface area contributed by atoms with Crippen LogP contribution in [0.1, 0.15) is 56.8 Å². The van der Waals surface area contributed by atoms with Crippen LogP contribution in [0.25, 0.3) is 0 Å². The highest BCUT2D eigenvalue weighted by Gasteiger charge is 2.31. The van der Waals surface area contributed by atoms with Gasteiger partial charge in [0.05, 0.1) is 5.69 Å². The lowest BCUT2D eigenvalue weighted by molar-refractivity contribution is 0.283. The Morgan fingerprint density at radius 1 is 1.30 bits per heavy atom. The summed E-state index contributed by atoms with van der Waals surface area (Å²) in [6.07, 6.45) is 7.77. The molecule has 0 spiro atoms. The molecule has 0 aromatic carbocycles. The van der Waals surface area contributed by atoms with Crippen molar-refractivity contribution < 1.29 is 0 Å². The lowest BCUT2D eigenvalue weighted by atomic mass is 9.83. The van der Waals surface area contributed by atoms with Gasteiger partial charge < -0.3 is 10.6 Å². The molecule has 0 bridgehead atoms. The summed E-state index contributed by atoms with van der Waals surface area (Å²) in [5, 5.41) is 11.5. The quantitative estimate of drug-likeness (QED) is 0.461. The van der Waals surface area contributed by atoms with E-state index in [4.69, 9.17) is 0 Å². The molecule has 0 aliphatic heterocycles. The van der Waals surface area contributed by atoms with Crippen LogP contribution in [-0.4, -0.2) is 35.9 Å². The Kier molecular flexibility index (Phi) is 6.48. The molecule has 0 radical (unpaired) electrons. The van der Waals surface area contributed by atoms with Crippen molar-refractivity contribution in [2.45, 2.75) is 65.8 Å². The van der Waals surface area contributed by atoms with Gasteiger partial charge in [0.15, 0.2) is 5.96 Å². The summed E-state index contributed by atoms with van der Waals surface area (Å²) < 4.78 is 2.08. The fourth-order valence-corrected chi connectivity index (χ4v) is 3.61. The topological polar surface area (TPSA) is 54.2 Å². The van der Waals surface area contributed by atoms with E-state index in [1.165, 1.54) is 37.8 Å². The summed E-state index contributed by atoms with van der Waals surface area (Å²) >= 11 is 0. The smallest absolute Gasteiger partial charge is 0.190 e. The van der Waals surface area contributed by atoms with Gasteiger partial charge in [-0.05, 0) is 51.0 Å². The summed E-state index contributed by atoms with van der Waals surface area (Å²) in [4.78, 5) is 4.35. The van der Waals surface area contributed by atoms with Gasteiger partial charge >= 0.3 is 0 Å². The van der Waals surface area contributed by atoms with E-state index < -0.39 is 0 Å². The van der Waals surface area contributed by atoms with Crippen molar-refractivity contribution in [1.82, 2.24) is 20.4 Å². The normalized spacial score (nSPS) is 17.5. The third kappa shape index (κ3) is 4.98. The van der Waals surface area contributed by atoms with Crippen LogP contribution in [-0.2, 0) is 6.54 Å². The van der Waals surface area contributed by atoms with Gasteiger partial charge in [0.1, 0.15) is 0 Å². The second-order valence-electron chi connectivity index (χ2n) is 6.92. The molecule has 1 aliphatic rings. The number of aryl methyl sites for hydroxylation is 3. The molecule has 0 unspecified atom stereocenters. The molecule has 1 aliphatic carbocycles. The fourth-order valence-electron chi connectivity index (χ4n) is 3.61. The molecule has 2 rings (SSSR count). The van der Waals surface area contributed by atoms with E-state index in [9.17, 15) is 0 Å². The lowest BCUT2D eigenvalue weighted by Crippen LogP contribution is -2.43. The number of guanidine groups is 1. The number of rotatable bonds is 7. The third-order valence-electron chi connectivity index (χ3n) is 5.21. The Morgan fingerprint density at radius 3 is 2.61 bits per heavy atom. The van der Waals surface area contributed by atoms with Gasteiger partial charge in [0.25, 0.3) is 0 Å². The zero-order chi connectivity index (χ0) is 16.7. The second-order valence-corrected chi connectivity index (χ2v) is 6.92. The Hall–Kier alpha value is -1.52. The van der Waals surface area contributed by atoms with Gasteiger partial charge in [-0.3, -0.25) is 9.67 Å². The molecular formula is C18H33N5. The largest absolute Gasteiger partial charge is 0.356 e. The molecule has 1 saturated carbocycles. The minimum atomic E-state index is 0.487. The summed E-state index contributed by atoms with van der Waals surface area (Å²) in [6, 6.07) is 2.12. The Morgan fingerprint density at radius 2 is 2.04 bits per heavy atom. The van der Waals surface area contributed by atoms with Crippen LogP contribution in [0.15, 0.2) is 11.1 Å². The number of aromatic nitrogens is 2. The Bertz CT molecular complexity index is 511. The molecule has 23 heavy (non-hydrogen) atoms. The Balaban J connectivity index is 1.70. The van der Waals surface area contributed by atoms with Crippen molar-refractivity contribution in [3.63, 3.8) is 0 Å². The summed E-state index contributed by atoms with van der Waals surface area (Å²) in [6.45, 7) is 9.37. The molecule has 0 saturated heterocycles. The van der Waals surface area contributed by atoms with Crippen LogP contribution in [0.5, 0.6) is 0 Å². The third-order valence-corrected chi connectivity index (χ3v) is 5.21. The second kappa shape index (κ2) is 8.37. The molecule has 0 amide bonds. The maximum Gasteiger partial charge on any atom is 0.190 e. The van der Waals surface area contributed by atoms with E-state index in [0.29, 0.717) is 5.41 Å². The maximum absolute atomic E-state index is 4.50. The first kappa shape index (κ1) is 17.8. The van der Waals surface area contributed by atoms with Crippen LogP contribution in [0.3, 0.4) is 0 Å². The van der Waals surface area contributed by atoms with Gasteiger partial charge in [0, 0.05) is 32.4 Å². The molecular weight excluding hydrogens is 286 g/mol. The van der Waals surface area contributed by atoms with Crippen LogP contribution in [0.2, 0.25) is 0 Å². The van der Waals surface area contributed by atoms with Crippen molar-refractivity contribution in [3.05, 3.63) is 17.5 Å². The summed E-state index contributed by atoms with van der Waals surface area (Å²) in [5.41, 5.74) is 2.81. The van der Waals surface area contributed by atoms with Crippen molar-refractivity contribution >= 4 is 5.96 Å². The fraction of sp³-hybridized carbons (Fsp3) is 0.778. The SMILES string of the molecule is CCC1(CNC(=NC)NCCCn2nc(C)cc2C)CCCC1.